The molecule has 0 saturated heterocycles. The first-order valence-corrected chi connectivity index (χ1v) is 6.62. The number of carbonyl (C=O) groups is 1. The van der Waals surface area contributed by atoms with Crippen LogP contribution in [0.5, 0.6) is 0 Å². The molecule has 16 heavy (non-hydrogen) atoms. The molecule has 2 nitrogen and oxygen atoms in total. The van der Waals surface area contributed by atoms with Gasteiger partial charge in [0.1, 0.15) is 0 Å². The minimum Gasteiger partial charge on any atom is -0.481 e. The fourth-order valence-corrected chi connectivity index (χ4v) is 2.13. The third-order valence-corrected chi connectivity index (χ3v) is 3.81. The summed E-state index contributed by atoms with van der Waals surface area (Å²) in [6.07, 6.45) is 9.37. The van der Waals surface area contributed by atoms with Gasteiger partial charge in [0.2, 0.25) is 0 Å². The Labute approximate surface area is 110 Å². The lowest BCUT2D eigenvalue weighted by Crippen LogP contribution is -1.95. The number of aliphatic carboxylic acids is 1. The molecular weight excluding hydrogens is 315 g/mol. The summed E-state index contributed by atoms with van der Waals surface area (Å²) < 4.78 is 1.19. The van der Waals surface area contributed by atoms with Crippen molar-refractivity contribution in [3.63, 3.8) is 0 Å². The molecule has 0 fully saturated rings. The van der Waals surface area contributed by atoms with E-state index in [4.69, 9.17) is 5.11 Å². The minimum absolute atomic E-state index is 0.233. The van der Waals surface area contributed by atoms with Crippen molar-refractivity contribution in [2.75, 3.05) is 0 Å². The Kier molecular flexibility index (Phi) is 5.80. The fourth-order valence-electron chi connectivity index (χ4n) is 1.68. The molecule has 0 radical (unpaired) electrons. The van der Waals surface area contributed by atoms with Crippen molar-refractivity contribution in [3.05, 3.63) is 33.5 Å². The van der Waals surface area contributed by atoms with Gasteiger partial charge in [-0.15, -0.1) is 0 Å². The predicted octanol–water partition coefficient (Wildman–Crippen LogP) is 4.23. The van der Waals surface area contributed by atoms with E-state index in [1.165, 1.54) is 14.7 Å². The van der Waals surface area contributed by atoms with Crippen molar-refractivity contribution in [3.8, 4) is 0 Å². The van der Waals surface area contributed by atoms with Crippen molar-refractivity contribution < 1.29 is 9.90 Å². The average Bonchev–Trinajstić information content (AvgIpc) is 2.31. The van der Waals surface area contributed by atoms with Gasteiger partial charge in [-0.1, -0.05) is 18.2 Å². The van der Waals surface area contributed by atoms with E-state index in [-0.39, 0.29) is 6.42 Å². The van der Waals surface area contributed by atoms with Crippen molar-refractivity contribution in [1.29, 1.82) is 0 Å². The monoisotopic (exact) mass is 332 g/mol. The Balaban J connectivity index is 2.66. The number of halogens is 1. The molecule has 0 amide bonds. The van der Waals surface area contributed by atoms with Crippen LogP contribution in [0.25, 0.3) is 0 Å². The zero-order valence-electron chi connectivity index (χ0n) is 9.34. The van der Waals surface area contributed by atoms with Crippen LogP contribution in [-0.2, 0) is 4.79 Å². The van der Waals surface area contributed by atoms with Crippen molar-refractivity contribution in [2.45, 2.75) is 38.5 Å². The van der Waals surface area contributed by atoms with Crippen LogP contribution in [0.3, 0.4) is 0 Å². The van der Waals surface area contributed by atoms with Gasteiger partial charge < -0.3 is 5.11 Å². The number of hydrogen-bond donors (Lipinski definition) is 1. The molecule has 0 atom stereocenters. The summed E-state index contributed by atoms with van der Waals surface area (Å²) in [7, 11) is 0. The summed E-state index contributed by atoms with van der Waals surface area (Å²) in [5.74, 6) is -0.719. The molecule has 1 aliphatic rings. The molecular formula is C13H17IO2. The van der Waals surface area contributed by atoms with E-state index < -0.39 is 5.97 Å². The zero-order chi connectivity index (χ0) is 12.0. The highest BCUT2D eigenvalue weighted by atomic mass is 127. The topological polar surface area (TPSA) is 37.3 Å². The van der Waals surface area contributed by atoms with E-state index in [1.54, 1.807) is 0 Å². The highest BCUT2D eigenvalue weighted by Crippen LogP contribution is 2.26. The Morgan fingerprint density at radius 1 is 1.38 bits per heavy atom. The molecule has 88 valence electrons. The summed E-state index contributed by atoms with van der Waals surface area (Å²) in [6, 6.07) is 0. The maximum absolute atomic E-state index is 10.5. The molecule has 0 aromatic rings. The second-order valence-corrected chi connectivity index (χ2v) is 5.21. The minimum atomic E-state index is -0.719. The summed E-state index contributed by atoms with van der Waals surface area (Å²) in [5.41, 5.74) is 2.43. The molecule has 0 aromatic carbocycles. The van der Waals surface area contributed by atoms with Gasteiger partial charge in [-0.05, 0) is 66.3 Å². The standard InChI is InChI=1S/C13H17IO2/c1-10-4-2-3-5-11(6-8-12(10)14)7-9-13(15)16/h6,8H,1-5,7,9H2,(H,15,16)/b11-6+,12-8+. The van der Waals surface area contributed by atoms with E-state index in [9.17, 15) is 4.79 Å². The summed E-state index contributed by atoms with van der Waals surface area (Å²) in [4.78, 5) is 10.5. The van der Waals surface area contributed by atoms with Crippen LogP contribution >= 0.6 is 22.6 Å². The van der Waals surface area contributed by atoms with Gasteiger partial charge in [0, 0.05) is 10.0 Å². The number of carboxylic acids is 1. The summed E-state index contributed by atoms with van der Waals surface area (Å²) >= 11 is 2.29. The fraction of sp³-hybridized carbons (Fsp3) is 0.462. The lowest BCUT2D eigenvalue weighted by Gasteiger charge is -2.04. The Hall–Kier alpha value is -0.580. The first-order chi connectivity index (χ1) is 7.59. The lowest BCUT2D eigenvalue weighted by molar-refractivity contribution is -0.136. The molecule has 0 aliphatic heterocycles. The SMILES string of the molecule is C=C1CCCC/C(CCC(=O)O)=C\C=C/1I. The van der Waals surface area contributed by atoms with Crippen molar-refractivity contribution >= 4 is 28.6 Å². The van der Waals surface area contributed by atoms with E-state index in [0.717, 1.165) is 25.7 Å². The van der Waals surface area contributed by atoms with E-state index in [2.05, 4.69) is 41.3 Å². The molecule has 0 spiro atoms. The molecule has 3 heteroatoms. The van der Waals surface area contributed by atoms with Gasteiger partial charge in [-0.2, -0.15) is 0 Å². The second kappa shape index (κ2) is 6.89. The smallest absolute Gasteiger partial charge is 0.303 e. The van der Waals surface area contributed by atoms with Gasteiger partial charge in [0.05, 0.1) is 0 Å². The van der Waals surface area contributed by atoms with Crippen molar-refractivity contribution in [2.24, 2.45) is 0 Å². The molecule has 0 heterocycles. The van der Waals surface area contributed by atoms with E-state index in [0.29, 0.717) is 6.42 Å². The van der Waals surface area contributed by atoms with Crippen LogP contribution in [0.1, 0.15) is 38.5 Å². The molecule has 0 aromatic heterocycles. The van der Waals surface area contributed by atoms with Gasteiger partial charge in [-0.25, -0.2) is 0 Å². The van der Waals surface area contributed by atoms with Crippen LogP contribution in [0.2, 0.25) is 0 Å². The third-order valence-electron chi connectivity index (χ3n) is 2.69. The van der Waals surface area contributed by atoms with Crippen LogP contribution in [0, 0.1) is 0 Å². The summed E-state index contributed by atoms with van der Waals surface area (Å²) in [5, 5.41) is 8.66. The van der Waals surface area contributed by atoms with Gasteiger partial charge in [0.25, 0.3) is 0 Å². The lowest BCUT2D eigenvalue weighted by atomic mass is 10.0. The highest BCUT2D eigenvalue weighted by Gasteiger charge is 2.06. The van der Waals surface area contributed by atoms with Crippen molar-refractivity contribution in [1.82, 2.24) is 0 Å². The number of rotatable bonds is 3. The largest absolute Gasteiger partial charge is 0.481 e. The zero-order valence-corrected chi connectivity index (χ0v) is 11.5. The van der Waals surface area contributed by atoms with Gasteiger partial charge >= 0.3 is 5.97 Å². The molecule has 1 N–H and O–H groups in total. The predicted molar refractivity (Wildman–Crippen MR) is 74.7 cm³/mol. The molecule has 1 rings (SSSR count). The van der Waals surface area contributed by atoms with Crippen LogP contribution in [0.4, 0.5) is 0 Å². The molecule has 0 saturated carbocycles. The number of carboxylic acid groups (broad SMARTS) is 1. The first-order valence-electron chi connectivity index (χ1n) is 5.55. The molecule has 1 aliphatic carbocycles. The van der Waals surface area contributed by atoms with Gasteiger partial charge in [-0.3, -0.25) is 4.79 Å². The van der Waals surface area contributed by atoms with Crippen LogP contribution < -0.4 is 0 Å². The maximum Gasteiger partial charge on any atom is 0.303 e. The second-order valence-electron chi connectivity index (χ2n) is 4.04. The van der Waals surface area contributed by atoms with E-state index >= 15 is 0 Å². The Morgan fingerprint density at radius 2 is 2.06 bits per heavy atom. The summed E-state index contributed by atoms with van der Waals surface area (Å²) in [6.45, 7) is 4.04. The Bertz CT molecular complexity index is 340. The number of hydrogen-bond acceptors (Lipinski definition) is 1. The van der Waals surface area contributed by atoms with Crippen LogP contribution in [-0.4, -0.2) is 11.1 Å². The highest BCUT2D eigenvalue weighted by molar-refractivity contribution is 14.1. The maximum atomic E-state index is 10.5. The normalized spacial score (nSPS) is 24.4. The molecule has 0 unspecified atom stereocenters. The van der Waals surface area contributed by atoms with Crippen LogP contribution in [0.15, 0.2) is 33.5 Å². The van der Waals surface area contributed by atoms with E-state index in [1.807, 2.05) is 0 Å². The quantitative estimate of drug-likeness (QED) is 0.786. The Morgan fingerprint density at radius 3 is 2.75 bits per heavy atom. The first kappa shape index (κ1) is 13.5. The third kappa shape index (κ3) is 4.96. The number of allylic oxidation sites excluding steroid dienone is 5. The molecule has 0 bridgehead atoms. The average molecular weight is 332 g/mol. The van der Waals surface area contributed by atoms with Gasteiger partial charge in [0.15, 0.2) is 0 Å².